The topological polar surface area (TPSA) is 109 Å². The number of nitrogens with one attached hydrogen (secondary N) is 2. The van der Waals surface area contributed by atoms with Crippen LogP contribution in [0.5, 0.6) is 5.75 Å². The summed E-state index contributed by atoms with van der Waals surface area (Å²) >= 11 is 0. The van der Waals surface area contributed by atoms with Crippen LogP contribution in [-0.4, -0.2) is 34.9 Å². The van der Waals surface area contributed by atoms with E-state index in [0.717, 1.165) is 25.7 Å². The van der Waals surface area contributed by atoms with E-state index in [2.05, 4.69) is 21.7 Å². The van der Waals surface area contributed by atoms with Crippen LogP contribution in [0.15, 0.2) is 47.7 Å². The van der Waals surface area contributed by atoms with Crippen molar-refractivity contribution in [3.05, 3.63) is 59.7 Å². The molecule has 8 nitrogen and oxygen atoms in total. The second kappa shape index (κ2) is 8.20. The molecule has 33 heavy (non-hydrogen) atoms. The standard InChI is InChI=1S/C24H22FN5O3/c25-22-17(2-1-3-19(22)33-16-4-5-16)18-6-7-20(28-18)29-21(31)12-27-23(32)15-8-11-30(13-15)24(14-26)9-10-24/h1-3,6,8,11,13,16H,4-5,7,9-10,12H2,(H,27,32)(H,28,29,31). The van der Waals surface area contributed by atoms with Gasteiger partial charge in [0.05, 0.1) is 30.0 Å². The Balaban J connectivity index is 1.15. The number of nitriles is 1. The molecule has 1 aliphatic heterocycles. The fourth-order valence-corrected chi connectivity index (χ4v) is 3.66. The fraction of sp³-hybridized carbons (Fsp3) is 0.333. The predicted molar refractivity (Wildman–Crippen MR) is 118 cm³/mol. The third-order valence-electron chi connectivity index (χ3n) is 5.88. The number of amidine groups is 1. The van der Waals surface area contributed by atoms with Crippen LogP contribution in [0.1, 0.15) is 48.0 Å². The van der Waals surface area contributed by atoms with Crippen LogP contribution in [0.25, 0.3) is 5.70 Å². The highest BCUT2D eigenvalue weighted by Crippen LogP contribution is 2.42. The molecule has 2 heterocycles. The highest BCUT2D eigenvalue weighted by atomic mass is 19.1. The van der Waals surface area contributed by atoms with Gasteiger partial charge >= 0.3 is 0 Å². The molecule has 0 unspecified atom stereocenters. The number of hydrogen-bond acceptors (Lipinski definition) is 5. The third-order valence-corrected chi connectivity index (χ3v) is 5.88. The lowest BCUT2D eigenvalue weighted by atomic mass is 10.1. The molecule has 1 aromatic carbocycles. The maximum Gasteiger partial charge on any atom is 0.253 e. The third kappa shape index (κ3) is 4.37. The van der Waals surface area contributed by atoms with E-state index in [4.69, 9.17) is 4.74 Å². The van der Waals surface area contributed by atoms with Gasteiger partial charge in [0.2, 0.25) is 5.91 Å². The van der Waals surface area contributed by atoms with Gasteiger partial charge in [0.1, 0.15) is 11.4 Å². The van der Waals surface area contributed by atoms with Crippen molar-refractivity contribution in [2.45, 2.75) is 43.7 Å². The fourth-order valence-electron chi connectivity index (χ4n) is 3.66. The lowest BCUT2D eigenvalue weighted by Crippen LogP contribution is -2.39. The average molecular weight is 447 g/mol. The van der Waals surface area contributed by atoms with E-state index in [1.807, 2.05) is 0 Å². The minimum Gasteiger partial charge on any atom is -0.487 e. The first-order valence-corrected chi connectivity index (χ1v) is 10.9. The molecule has 0 spiro atoms. The van der Waals surface area contributed by atoms with Crippen molar-refractivity contribution in [3.63, 3.8) is 0 Å². The normalized spacial score (nSPS) is 18.1. The van der Waals surface area contributed by atoms with E-state index < -0.39 is 23.2 Å². The zero-order valence-corrected chi connectivity index (χ0v) is 17.8. The van der Waals surface area contributed by atoms with Gasteiger partial charge in [-0.2, -0.15) is 5.26 Å². The van der Waals surface area contributed by atoms with Gasteiger partial charge in [-0.25, -0.2) is 9.38 Å². The van der Waals surface area contributed by atoms with Crippen molar-refractivity contribution < 1.29 is 18.7 Å². The summed E-state index contributed by atoms with van der Waals surface area (Å²) in [6.07, 6.45) is 8.89. The lowest BCUT2D eigenvalue weighted by Gasteiger charge is -2.09. The Morgan fingerprint density at radius 1 is 1.30 bits per heavy atom. The Morgan fingerprint density at radius 2 is 2.12 bits per heavy atom. The van der Waals surface area contributed by atoms with Crippen LogP contribution in [-0.2, 0) is 10.3 Å². The number of carbonyl (C=O) groups is 2. The maximum atomic E-state index is 14.8. The number of carbonyl (C=O) groups excluding carboxylic acids is 2. The van der Waals surface area contributed by atoms with Gasteiger partial charge in [0.15, 0.2) is 11.6 Å². The summed E-state index contributed by atoms with van der Waals surface area (Å²) in [7, 11) is 0. The molecule has 168 valence electrons. The number of benzene rings is 1. The highest BCUT2D eigenvalue weighted by molar-refractivity contribution is 6.05. The Kier molecular flexibility index (Phi) is 5.21. The summed E-state index contributed by atoms with van der Waals surface area (Å²) in [6.45, 7) is -0.235. The molecule has 2 aliphatic carbocycles. The van der Waals surface area contributed by atoms with Crippen LogP contribution in [0.2, 0.25) is 0 Å². The number of rotatable bonds is 7. The number of halogens is 1. The Bertz CT molecular complexity index is 1230. The SMILES string of the molecule is N#CC1(n2ccc(C(=O)NCC(=O)NC3=NC(c4cccc(OC5CC5)c4F)=CC3)c2)CC1. The van der Waals surface area contributed by atoms with E-state index in [1.165, 1.54) is 0 Å². The van der Waals surface area contributed by atoms with E-state index in [-0.39, 0.29) is 18.4 Å². The van der Waals surface area contributed by atoms with Crippen LogP contribution in [0, 0.1) is 17.1 Å². The first kappa shape index (κ1) is 20.9. The van der Waals surface area contributed by atoms with Crippen molar-refractivity contribution in [1.29, 1.82) is 5.26 Å². The van der Waals surface area contributed by atoms with Crippen molar-refractivity contribution >= 4 is 23.3 Å². The van der Waals surface area contributed by atoms with Crippen molar-refractivity contribution in [2.24, 2.45) is 4.99 Å². The van der Waals surface area contributed by atoms with Crippen LogP contribution >= 0.6 is 0 Å². The maximum absolute atomic E-state index is 14.8. The number of amides is 2. The van der Waals surface area contributed by atoms with Crippen molar-refractivity contribution in [3.8, 4) is 11.8 Å². The number of aliphatic imine (C=N–C) groups is 1. The number of ether oxygens (including phenoxy) is 1. The van der Waals surface area contributed by atoms with E-state index in [9.17, 15) is 19.2 Å². The quantitative estimate of drug-likeness (QED) is 0.680. The molecule has 0 radical (unpaired) electrons. The molecule has 2 aromatic rings. The molecule has 2 amide bonds. The molecule has 1 aromatic heterocycles. The zero-order valence-electron chi connectivity index (χ0n) is 17.8. The summed E-state index contributed by atoms with van der Waals surface area (Å²) in [4.78, 5) is 28.9. The summed E-state index contributed by atoms with van der Waals surface area (Å²) in [6, 6.07) is 8.82. The minimum atomic E-state index is -0.537. The van der Waals surface area contributed by atoms with Crippen LogP contribution < -0.4 is 15.4 Å². The molecule has 0 bridgehead atoms. The predicted octanol–water partition coefficient (Wildman–Crippen LogP) is 2.87. The molecular weight excluding hydrogens is 425 g/mol. The second-order valence-corrected chi connectivity index (χ2v) is 8.47. The summed E-state index contributed by atoms with van der Waals surface area (Å²) in [5.74, 6) is -0.705. The number of hydrogen-bond donors (Lipinski definition) is 2. The Morgan fingerprint density at radius 3 is 2.85 bits per heavy atom. The van der Waals surface area contributed by atoms with Crippen molar-refractivity contribution in [1.82, 2.24) is 15.2 Å². The largest absolute Gasteiger partial charge is 0.487 e. The molecule has 9 heteroatoms. The summed E-state index contributed by atoms with van der Waals surface area (Å²) in [5, 5.41) is 14.5. The summed E-state index contributed by atoms with van der Waals surface area (Å²) < 4.78 is 22.1. The van der Waals surface area contributed by atoms with Gasteiger partial charge in [-0.15, -0.1) is 0 Å². The first-order valence-electron chi connectivity index (χ1n) is 10.9. The van der Waals surface area contributed by atoms with Gasteiger partial charge < -0.3 is 19.9 Å². The average Bonchev–Trinajstić information content (AvgIpc) is 3.70. The van der Waals surface area contributed by atoms with Gasteiger partial charge in [0.25, 0.3) is 5.91 Å². The van der Waals surface area contributed by atoms with Gasteiger partial charge in [0, 0.05) is 24.4 Å². The number of nitrogens with zero attached hydrogens (tertiary/aromatic N) is 3. The van der Waals surface area contributed by atoms with E-state index in [1.54, 1.807) is 47.3 Å². The van der Waals surface area contributed by atoms with Gasteiger partial charge in [-0.3, -0.25) is 9.59 Å². The minimum absolute atomic E-state index is 0.0839. The Hall–Kier alpha value is -3.93. The van der Waals surface area contributed by atoms with Gasteiger partial charge in [-0.1, -0.05) is 12.1 Å². The monoisotopic (exact) mass is 447 g/mol. The smallest absolute Gasteiger partial charge is 0.253 e. The van der Waals surface area contributed by atoms with Crippen molar-refractivity contribution in [2.75, 3.05) is 6.54 Å². The number of aromatic nitrogens is 1. The van der Waals surface area contributed by atoms with Crippen LogP contribution in [0.4, 0.5) is 4.39 Å². The molecule has 2 fully saturated rings. The van der Waals surface area contributed by atoms with Gasteiger partial charge in [-0.05, 0) is 43.9 Å². The highest BCUT2D eigenvalue weighted by Gasteiger charge is 2.45. The van der Waals surface area contributed by atoms with E-state index >= 15 is 0 Å². The van der Waals surface area contributed by atoms with Crippen LogP contribution in [0.3, 0.4) is 0 Å². The molecule has 0 saturated heterocycles. The zero-order chi connectivity index (χ0) is 23.0. The molecule has 0 atom stereocenters. The first-order chi connectivity index (χ1) is 16.0. The Labute approximate surface area is 189 Å². The lowest BCUT2D eigenvalue weighted by molar-refractivity contribution is -0.118. The molecular formula is C24H22FN5O3. The molecule has 5 rings (SSSR count). The molecule has 3 aliphatic rings. The molecule has 2 N–H and O–H groups in total. The summed E-state index contributed by atoms with van der Waals surface area (Å²) in [5.41, 5.74) is 0.599. The molecule has 2 saturated carbocycles. The second-order valence-electron chi connectivity index (χ2n) is 8.47. The van der Waals surface area contributed by atoms with E-state index in [0.29, 0.717) is 29.1 Å².